The summed E-state index contributed by atoms with van der Waals surface area (Å²) in [5.41, 5.74) is 3.32. The molecule has 0 saturated heterocycles. The van der Waals surface area contributed by atoms with E-state index in [4.69, 9.17) is 4.42 Å². The van der Waals surface area contributed by atoms with E-state index in [0.717, 1.165) is 23.1 Å². The summed E-state index contributed by atoms with van der Waals surface area (Å²) in [5.74, 6) is 0. The third-order valence-electron chi connectivity index (χ3n) is 3.44. The van der Waals surface area contributed by atoms with Crippen LogP contribution in [0.25, 0.3) is 11.0 Å². The predicted molar refractivity (Wildman–Crippen MR) is 81.2 cm³/mol. The van der Waals surface area contributed by atoms with E-state index in [1.54, 1.807) is 24.0 Å². The first-order valence-electron chi connectivity index (χ1n) is 6.93. The highest BCUT2D eigenvalue weighted by Crippen LogP contribution is 2.09. The molecule has 108 valence electrons. The van der Waals surface area contributed by atoms with Crippen molar-refractivity contribution in [1.29, 1.82) is 0 Å². The number of para-hydroxylation sites is 2. The monoisotopic (exact) mass is 283 g/mol. The Hall–Kier alpha value is -2.40. The van der Waals surface area contributed by atoms with Crippen LogP contribution in [0, 0.1) is 6.92 Å². The first-order chi connectivity index (χ1) is 10.3. The molecule has 0 amide bonds. The van der Waals surface area contributed by atoms with Gasteiger partial charge in [0.05, 0.1) is 23.6 Å². The number of nitrogens with one attached hydrogen (secondary N) is 1. The molecule has 1 N–H and O–H groups in total. The zero-order valence-electron chi connectivity index (χ0n) is 11.9. The second-order valence-corrected chi connectivity index (χ2v) is 4.95. The average Bonchev–Trinajstić information content (AvgIpc) is 3.00. The van der Waals surface area contributed by atoms with Crippen LogP contribution in [-0.2, 0) is 13.1 Å². The molecule has 0 radical (unpaired) electrons. The molecule has 0 aliphatic carbocycles. The van der Waals surface area contributed by atoms with Gasteiger partial charge >= 0.3 is 0 Å². The van der Waals surface area contributed by atoms with Crippen molar-refractivity contribution >= 4 is 11.0 Å². The molecular formula is C16H17N3O2. The summed E-state index contributed by atoms with van der Waals surface area (Å²) in [4.78, 5) is 16.6. The SMILES string of the molecule is Cc1nc2ccccc2n(CCNCc2ccoc2)c1=O. The van der Waals surface area contributed by atoms with Crippen molar-refractivity contribution < 1.29 is 4.42 Å². The molecule has 0 saturated carbocycles. The molecule has 0 atom stereocenters. The van der Waals surface area contributed by atoms with Gasteiger partial charge in [0.2, 0.25) is 0 Å². The van der Waals surface area contributed by atoms with E-state index in [0.29, 0.717) is 18.8 Å². The minimum atomic E-state index is -0.0289. The number of nitrogens with zero attached hydrogens (tertiary/aromatic N) is 2. The van der Waals surface area contributed by atoms with Gasteiger partial charge in [0.15, 0.2) is 0 Å². The van der Waals surface area contributed by atoms with E-state index in [2.05, 4.69) is 10.3 Å². The fourth-order valence-corrected chi connectivity index (χ4v) is 2.36. The van der Waals surface area contributed by atoms with E-state index in [9.17, 15) is 4.79 Å². The maximum Gasteiger partial charge on any atom is 0.272 e. The molecule has 0 spiro atoms. The van der Waals surface area contributed by atoms with E-state index < -0.39 is 0 Å². The van der Waals surface area contributed by atoms with Crippen molar-refractivity contribution in [3.05, 3.63) is 64.5 Å². The maximum absolute atomic E-state index is 12.3. The Morgan fingerprint density at radius 2 is 2.14 bits per heavy atom. The average molecular weight is 283 g/mol. The third kappa shape index (κ3) is 2.87. The lowest BCUT2D eigenvalue weighted by Gasteiger charge is -2.11. The van der Waals surface area contributed by atoms with Gasteiger partial charge in [-0.25, -0.2) is 4.98 Å². The highest BCUT2D eigenvalue weighted by molar-refractivity contribution is 5.74. The lowest BCUT2D eigenvalue weighted by molar-refractivity contribution is 0.555. The summed E-state index contributed by atoms with van der Waals surface area (Å²) >= 11 is 0. The van der Waals surface area contributed by atoms with Gasteiger partial charge in [0.25, 0.3) is 5.56 Å². The fourth-order valence-electron chi connectivity index (χ4n) is 2.36. The molecular weight excluding hydrogens is 266 g/mol. The Morgan fingerprint density at radius 3 is 2.95 bits per heavy atom. The molecule has 0 aliphatic rings. The molecule has 1 aromatic carbocycles. The highest BCUT2D eigenvalue weighted by Gasteiger charge is 2.07. The minimum absolute atomic E-state index is 0.0289. The van der Waals surface area contributed by atoms with Crippen LogP contribution >= 0.6 is 0 Å². The molecule has 2 heterocycles. The van der Waals surface area contributed by atoms with Crippen molar-refractivity contribution in [2.45, 2.75) is 20.0 Å². The molecule has 0 unspecified atom stereocenters. The second-order valence-electron chi connectivity index (χ2n) is 4.95. The number of benzene rings is 1. The molecule has 5 nitrogen and oxygen atoms in total. The summed E-state index contributed by atoms with van der Waals surface area (Å²) in [5, 5.41) is 3.31. The standard InChI is InChI=1S/C16H17N3O2/c1-12-16(20)19(15-5-3-2-4-14(15)18-12)8-7-17-10-13-6-9-21-11-13/h2-6,9,11,17H,7-8,10H2,1H3. The Balaban J connectivity index is 1.77. The summed E-state index contributed by atoms with van der Waals surface area (Å²) in [6.45, 7) is 3.80. The predicted octanol–water partition coefficient (Wildman–Crippen LogP) is 2.09. The van der Waals surface area contributed by atoms with Gasteiger partial charge in [-0.15, -0.1) is 0 Å². The Labute approximate surface area is 122 Å². The topological polar surface area (TPSA) is 60.1 Å². The number of aromatic nitrogens is 2. The van der Waals surface area contributed by atoms with Gasteiger partial charge in [-0.1, -0.05) is 12.1 Å². The molecule has 0 bridgehead atoms. The first-order valence-corrected chi connectivity index (χ1v) is 6.93. The Kier molecular flexibility index (Phi) is 3.83. The van der Waals surface area contributed by atoms with Gasteiger partial charge in [-0.2, -0.15) is 0 Å². The fraction of sp³-hybridized carbons (Fsp3) is 0.250. The summed E-state index contributed by atoms with van der Waals surface area (Å²) in [6.07, 6.45) is 3.37. The van der Waals surface area contributed by atoms with Gasteiger partial charge in [0, 0.05) is 25.2 Å². The van der Waals surface area contributed by atoms with Crippen molar-refractivity contribution in [3.63, 3.8) is 0 Å². The second kappa shape index (κ2) is 5.93. The zero-order chi connectivity index (χ0) is 14.7. The van der Waals surface area contributed by atoms with Gasteiger partial charge < -0.3 is 14.3 Å². The number of fused-ring (bicyclic) bond motifs is 1. The molecule has 0 fully saturated rings. The number of hydrogen-bond donors (Lipinski definition) is 1. The number of aryl methyl sites for hydroxylation is 1. The molecule has 3 rings (SSSR count). The van der Waals surface area contributed by atoms with E-state index in [-0.39, 0.29) is 5.56 Å². The van der Waals surface area contributed by atoms with Crippen LogP contribution in [0.4, 0.5) is 0 Å². The lowest BCUT2D eigenvalue weighted by Crippen LogP contribution is -2.29. The maximum atomic E-state index is 12.3. The van der Waals surface area contributed by atoms with Crippen molar-refractivity contribution in [3.8, 4) is 0 Å². The van der Waals surface area contributed by atoms with Gasteiger partial charge in [0.1, 0.15) is 5.69 Å². The van der Waals surface area contributed by atoms with E-state index in [1.165, 1.54) is 0 Å². The van der Waals surface area contributed by atoms with Crippen LogP contribution in [0.3, 0.4) is 0 Å². The van der Waals surface area contributed by atoms with Crippen molar-refractivity contribution in [2.75, 3.05) is 6.54 Å². The lowest BCUT2D eigenvalue weighted by atomic mass is 10.2. The summed E-state index contributed by atoms with van der Waals surface area (Å²) < 4.78 is 6.80. The van der Waals surface area contributed by atoms with Crippen molar-refractivity contribution in [1.82, 2.24) is 14.9 Å². The molecule has 5 heteroatoms. The van der Waals surface area contributed by atoms with Gasteiger partial charge in [-0.05, 0) is 25.1 Å². The summed E-state index contributed by atoms with van der Waals surface area (Å²) in [6, 6.07) is 9.64. The smallest absolute Gasteiger partial charge is 0.272 e. The van der Waals surface area contributed by atoms with E-state index in [1.807, 2.05) is 30.3 Å². The van der Waals surface area contributed by atoms with Crippen molar-refractivity contribution in [2.24, 2.45) is 0 Å². The van der Waals surface area contributed by atoms with Crippen LogP contribution in [0.15, 0.2) is 52.1 Å². The van der Waals surface area contributed by atoms with Crippen LogP contribution in [-0.4, -0.2) is 16.1 Å². The van der Waals surface area contributed by atoms with Crippen LogP contribution < -0.4 is 10.9 Å². The third-order valence-corrected chi connectivity index (χ3v) is 3.44. The number of furan rings is 1. The van der Waals surface area contributed by atoms with Gasteiger partial charge in [-0.3, -0.25) is 4.79 Å². The molecule has 0 aliphatic heterocycles. The minimum Gasteiger partial charge on any atom is -0.472 e. The van der Waals surface area contributed by atoms with Crippen LogP contribution in [0.1, 0.15) is 11.3 Å². The Morgan fingerprint density at radius 1 is 1.29 bits per heavy atom. The first kappa shape index (κ1) is 13.6. The van der Waals surface area contributed by atoms with E-state index >= 15 is 0 Å². The Bertz CT molecular complexity index is 791. The zero-order valence-corrected chi connectivity index (χ0v) is 11.9. The molecule has 21 heavy (non-hydrogen) atoms. The number of rotatable bonds is 5. The van der Waals surface area contributed by atoms with Crippen LogP contribution in [0.5, 0.6) is 0 Å². The largest absolute Gasteiger partial charge is 0.472 e. The molecule has 3 aromatic rings. The quantitative estimate of drug-likeness (QED) is 0.728. The number of hydrogen-bond acceptors (Lipinski definition) is 4. The molecule has 2 aromatic heterocycles. The normalized spacial score (nSPS) is 11.1. The highest BCUT2D eigenvalue weighted by atomic mass is 16.3. The van der Waals surface area contributed by atoms with Crippen LogP contribution in [0.2, 0.25) is 0 Å². The summed E-state index contributed by atoms with van der Waals surface area (Å²) in [7, 11) is 0.